The summed E-state index contributed by atoms with van der Waals surface area (Å²) in [5, 5.41) is 4.74. The van der Waals surface area contributed by atoms with Crippen molar-refractivity contribution >= 4 is 31.9 Å². The Bertz CT molecular complexity index is 429. The zero-order valence-electron chi connectivity index (χ0n) is 14.0. The van der Waals surface area contributed by atoms with E-state index in [0.717, 1.165) is 9.08 Å². The summed E-state index contributed by atoms with van der Waals surface area (Å²) in [6.45, 7) is 9.07. The fraction of sp³-hybridized carbons (Fsp3) is 0.824. The summed E-state index contributed by atoms with van der Waals surface area (Å²) in [4.78, 5) is 0. The summed E-state index contributed by atoms with van der Waals surface area (Å²) in [6, 6.07) is 0. The predicted molar refractivity (Wildman–Crippen MR) is 98.9 cm³/mol. The van der Waals surface area contributed by atoms with E-state index in [0.29, 0.717) is 0 Å². The largest absolute Gasteiger partial charge is 0.262 e. The molecule has 1 heterocycles. The molecular weight excluding hydrogens is 392 g/mol. The lowest BCUT2D eigenvalue weighted by molar-refractivity contribution is 0.224. The van der Waals surface area contributed by atoms with Gasteiger partial charge >= 0.3 is 0 Å². The lowest BCUT2D eigenvalue weighted by Gasteiger charge is -2.32. The van der Waals surface area contributed by atoms with Crippen LogP contribution in [0.1, 0.15) is 84.3 Å². The molecule has 0 amide bonds. The van der Waals surface area contributed by atoms with Crippen molar-refractivity contribution in [2.45, 2.75) is 91.0 Å². The highest BCUT2D eigenvalue weighted by molar-refractivity contribution is 9.13. The van der Waals surface area contributed by atoms with E-state index in [-0.39, 0.29) is 5.54 Å². The average Bonchev–Trinajstić information content (AvgIpc) is 2.73. The molecule has 21 heavy (non-hydrogen) atoms. The van der Waals surface area contributed by atoms with E-state index in [2.05, 4.69) is 64.2 Å². The topological polar surface area (TPSA) is 17.8 Å². The molecule has 0 bridgehead atoms. The molecule has 1 rings (SSSR count). The van der Waals surface area contributed by atoms with Gasteiger partial charge in [0.15, 0.2) is 0 Å². The second kappa shape index (κ2) is 9.34. The highest BCUT2D eigenvalue weighted by atomic mass is 79.9. The molecule has 0 spiro atoms. The van der Waals surface area contributed by atoms with Crippen LogP contribution in [0.25, 0.3) is 0 Å². The van der Waals surface area contributed by atoms with Gasteiger partial charge in [0.2, 0.25) is 0 Å². The minimum atomic E-state index is 0.140. The van der Waals surface area contributed by atoms with Crippen LogP contribution in [0, 0.1) is 6.92 Å². The van der Waals surface area contributed by atoms with E-state index in [1.807, 2.05) is 0 Å². The average molecular weight is 422 g/mol. The summed E-state index contributed by atoms with van der Waals surface area (Å²) in [7, 11) is 0. The molecule has 0 saturated carbocycles. The van der Waals surface area contributed by atoms with E-state index < -0.39 is 0 Å². The van der Waals surface area contributed by atoms with Crippen molar-refractivity contribution in [3.05, 3.63) is 14.8 Å². The van der Waals surface area contributed by atoms with Gasteiger partial charge in [-0.3, -0.25) is 4.68 Å². The third-order valence-electron chi connectivity index (χ3n) is 4.40. The third-order valence-corrected chi connectivity index (χ3v) is 6.44. The second-order valence-electron chi connectivity index (χ2n) is 6.37. The molecule has 0 aliphatic carbocycles. The highest BCUT2D eigenvalue weighted by Crippen LogP contribution is 2.35. The normalized spacial score (nSPS) is 14.4. The lowest BCUT2D eigenvalue weighted by Crippen LogP contribution is -2.32. The molecule has 0 aliphatic heterocycles. The Morgan fingerprint density at radius 1 is 0.952 bits per heavy atom. The molecule has 0 aromatic carbocycles. The van der Waals surface area contributed by atoms with E-state index in [1.165, 1.54) is 63.5 Å². The first-order valence-electron chi connectivity index (χ1n) is 8.37. The number of unbranched alkanes of at least 4 members (excludes halogenated alkanes) is 5. The van der Waals surface area contributed by atoms with Gasteiger partial charge in [0.05, 0.1) is 15.7 Å². The molecule has 0 aliphatic rings. The van der Waals surface area contributed by atoms with Gasteiger partial charge in [-0.2, -0.15) is 5.10 Å². The van der Waals surface area contributed by atoms with Gasteiger partial charge in [-0.25, -0.2) is 0 Å². The summed E-state index contributed by atoms with van der Waals surface area (Å²) >= 11 is 7.18. The van der Waals surface area contributed by atoms with Gasteiger partial charge in [0, 0.05) is 0 Å². The number of hydrogen-bond donors (Lipinski definition) is 0. The maximum atomic E-state index is 4.74. The lowest BCUT2D eigenvalue weighted by atomic mass is 9.88. The van der Waals surface area contributed by atoms with Gasteiger partial charge in [0.25, 0.3) is 0 Å². The zero-order chi connectivity index (χ0) is 15.9. The number of aromatic nitrogens is 2. The molecule has 0 radical (unpaired) electrons. The Kier molecular flexibility index (Phi) is 8.55. The number of nitrogens with zero attached hydrogens (tertiary/aromatic N) is 2. The van der Waals surface area contributed by atoms with Crippen molar-refractivity contribution in [2.75, 3.05) is 0 Å². The van der Waals surface area contributed by atoms with Crippen LogP contribution in [0.15, 0.2) is 9.08 Å². The fourth-order valence-corrected chi connectivity index (χ4v) is 3.67. The molecule has 1 unspecified atom stereocenters. The SMILES string of the molecule is CCCCCCCC(C)(CCCC)n1nc(Br)c(Br)c1C. The Morgan fingerprint density at radius 2 is 1.52 bits per heavy atom. The molecule has 2 nitrogen and oxygen atoms in total. The van der Waals surface area contributed by atoms with Gasteiger partial charge in [-0.05, 0) is 58.5 Å². The van der Waals surface area contributed by atoms with Crippen molar-refractivity contribution in [1.82, 2.24) is 9.78 Å². The fourth-order valence-electron chi connectivity index (χ4n) is 2.98. The van der Waals surface area contributed by atoms with Crippen LogP contribution in [0.2, 0.25) is 0 Å². The molecule has 4 heteroatoms. The molecule has 122 valence electrons. The number of rotatable bonds is 10. The maximum Gasteiger partial charge on any atom is 0.142 e. The standard InChI is InChI=1S/C17H30Br2N2/c1-5-7-9-10-11-13-17(4,12-8-6-2)21-14(3)15(18)16(19)20-21/h5-13H2,1-4H3. The number of halogens is 2. The monoisotopic (exact) mass is 420 g/mol. The van der Waals surface area contributed by atoms with E-state index in [4.69, 9.17) is 5.10 Å². The van der Waals surface area contributed by atoms with Crippen LogP contribution < -0.4 is 0 Å². The minimum absolute atomic E-state index is 0.140. The Labute approximate surface area is 147 Å². The molecule has 1 aromatic heterocycles. The first kappa shape index (κ1) is 19.2. The molecule has 0 N–H and O–H groups in total. The molecular formula is C17H30Br2N2. The smallest absolute Gasteiger partial charge is 0.142 e. The summed E-state index contributed by atoms with van der Waals surface area (Å²) in [5.41, 5.74) is 1.37. The Morgan fingerprint density at radius 3 is 2.05 bits per heavy atom. The second-order valence-corrected chi connectivity index (χ2v) is 7.91. The predicted octanol–water partition coefficient (Wildman–Crippen LogP) is 6.98. The van der Waals surface area contributed by atoms with Gasteiger partial charge in [0.1, 0.15) is 4.60 Å². The Hall–Kier alpha value is 0.170. The van der Waals surface area contributed by atoms with Crippen LogP contribution in [-0.2, 0) is 5.54 Å². The van der Waals surface area contributed by atoms with Crippen LogP contribution in [0.4, 0.5) is 0 Å². The molecule has 0 saturated heterocycles. The highest BCUT2D eigenvalue weighted by Gasteiger charge is 2.29. The van der Waals surface area contributed by atoms with Gasteiger partial charge in [-0.1, -0.05) is 58.8 Å². The maximum absolute atomic E-state index is 4.74. The Balaban J connectivity index is 2.79. The zero-order valence-corrected chi connectivity index (χ0v) is 17.2. The third kappa shape index (κ3) is 5.38. The van der Waals surface area contributed by atoms with E-state index in [1.54, 1.807) is 0 Å². The summed E-state index contributed by atoms with van der Waals surface area (Å²) in [6.07, 6.45) is 11.6. The van der Waals surface area contributed by atoms with Gasteiger partial charge in [-0.15, -0.1) is 0 Å². The molecule has 1 atom stereocenters. The van der Waals surface area contributed by atoms with Crippen molar-refractivity contribution in [3.8, 4) is 0 Å². The van der Waals surface area contributed by atoms with Crippen molar-refractivity contribution in [2.24, 2.45) is 0 Å². The summed E-state index contributed by atoms with van der Waals surface area (Å²) < 4.78 is 4.27. The van der Waals surface area contributed by atoms with Crippen LogP contribution >= 0.6 is 31.9 Å². The van der Waals surface area contributed by atoms with Crippen molar-refractivity contribution in [1.29, 1.82) is 0 Å². The van der Waals surface area contributed by atoms with E-state index >= 15 is 0 Å². The first-order valence-corrected chi connectivity index (χ1v) is 9.96. The van der Waals surface area contributed by atoms with E-state index in [9.17, 15) is 0 Å². The van der Waals surface area contributed by atoms with Crippen LogP contribution in [0.3, 0.4) is 0 Å². The minimum Gasteiger partial charge on any atom is -0.262 e. The van der Waals surface area contributed by atoms with Crippen molar-refractivity contribution in [3.63, 3.8) is 0 Å². The van der Waals surface area contributed by atoms with Gasteiger partial charge < -0.3 is 0 Å². The quantitative estimate of drug-likeness (QED) is 0.372. The van der Waals surface area contributed by atoms with Crippen LogP contribution in [-0.4, -0.2) is 9.78 Å². The first-order chi connectivity index (χ1) is 9.96. The molecule has 1 aromatic rings. The van der Waals surface area contributed by atoms with Crippen LogP contribution in [0.5, 0.6) is 0 Å². The molecule has 0 fully saturated rings. The number of hydrogen-bond acceptors (Lipinski definition) is 1. The van der Waals surface area contributed by atoms with Crippen molar-refractivity contribution < 1.29 is 0 Å². The summed E-state index contributed by atoms with van der Waals surface area (Å²) in [5.74, 6) is 0.